The topological polar surface area (TPSA) is 41.1 Å². The summed E-state index contributed by atoms with van der Waals surface area (Å²) < 4.78 is 0. The molecule has 4 rings (SSSR count). The minimum atomic E-state index is 0.722. The Kier molecular flexibility index (Phi) is 3.80. The number of piperidine rings is 1. The number of aromatic nitrogens is 2. The van der Waals surface area contributed by atoms with E-state index in [0.29, 0.717) is 0 Å². The molecule has 2 aliphatic carbocycles. The number of hydrogen-bond acceptors (Lipinski definition) is 4. The second kappa shape index (κ2) is 5.91. The molecule has 4 heteroatoms. The highest BCUT2D eigenvalue weighted by Gasteiger charge is 2.26. The molecule has 1 saturated heterocycles. The van der Waals surface area contributed by atoms with Gasteiger partial charge in [-0.05, 0) is 63.8 Å². The lowest BCUT2D eigenvalue weighted by Crippen LogP contribution is -2.43. The molecule has 1 saturated carbocycles. The maximum Gasteiger partial charge on any atom is 0.135 e. The van der Waals surface area contributed by atoms with Crippen LogP contribution in [0.15, 0.2) is 6.33 Å². The van der Waals surface area contributed by atoms with Crippen LogP contribution < -0.4 is 10.2 Å². The Bertz CT molecular complexity index is 490. The summed E-state index contributed by atoms with van der Waals surface area (Å²) in [7, 11) is 0. The molecule has 2 fully saturated rings. The maximum absolute atomic E-state index is 4.62. The summed E-state index contributed by atoms with van der Waals surface area (Å²) in [6.45, 7) is 3.53. The molecule has 0 bridgehead atoms. The van der Waals surface area contributed by atoms with Crippen LogP contribution in [0.3, 0.4) is 0 Å². The van der Waals surface area contributed by atoms with Crippen molar-refractivity contribution in [1.29, 1.82) is 0 Å². The maximum atomic E-state index is 4.62. The minimum absolute atomic E-state index is 0.722. The van der Waals surface area contributed by atoms with Crippen LogP contribution in [0.25, 0.3) is 0 Å². The van der Waals surface area contributed by atoms with Crippen molar-refractivity contribution in [2.24, 2.45) is 5.92 Å². The van der Waals surface area contributed by atoms with Crippen molar-refractivity contribution in [3.63, 3.8) is 0 Å². The van der Waals surface area contributed by atoms with Crippen LogP contribution in [0.5, 0.6) is 0 Å². The fourth-order valence-corrected chi connectivity index (χ4v) is 3.73. The van der Waals surface area contributed by atoms with Crippen LogP contribution in [-0.2, 0) is 12.8 Å². The van der Waals surface area contributed by atoms with Crippen LogP contribution in [0.1, 0.15) is 49.8 Å². The van der Waals surface area contributed by atoms with E-state index in [1.54, 1.807) is 6.33 Å². The van der Waals surface area contributed by atoms with E-state index >= 15 is 0 Å². The predicted octanol–water partition coefficient (Wildman–Crippen LogP) is 2.32. The van der Waals surface area contributed by atoms with E-state index in [0.717, 1.165) is 31.5 Å². The first-order valence-electron chi connectivity index (χ1n) is 8.71. The highest BCUT2D eigenvalue weighted by Crippen LogP contribution is 2.30. The molecule has 0 aromatic carbocycles. The van der Waals surface area contributed by atoms with Crippen molar-refractivity contribution in [1.82, 2.24) is 15.3 Å². The largest absolute Gasteiger partial charge is 0.356 e. The zero-order valence-corrected chi connectivity index (χ0v) is 12.9. The van der Waals surface area contributed by atoms with E-state index in [4.69, 9.17) is 0 Å². The van der Waals surface area contributed by atoms with Gasteiger partial charge in [0.1, 0.15) is 12.1 Å². The van der Waals surface area contributed by atoms with E-state index in [1.807, 2.05) is 0 Å². The molecular formula is C17H26N4. The van der Waals surface area contributed by atoms with E-state index in [1.165, 1.54) is 68.6 Å². The number of nitrogens with zero attached hydrogens (tertiary/aromatic N) is 3. The van der Waals surface area contributed by atoms with Crippen molar-refractivity contribution in [3.8, 4) is 0 Å². The summed E-state index contributed by atoms with van der Waals surface area (Å²) in [5.41, 5.74) is 2.74. The third kappa shape index (κ3) is 3.05. The van der Waals surface area contributed by atoms with Crippen LogP contribution in [0.2, 0.25) is 0 Å². The third-order valence-electron chi connectivity index (χ3n) is 5.29. The molecule has 4 nitrogen and oxygen atoms in total. The molecule has 0 atom stereocenters. The van der Waals surface area contributed by atoms with Gasteiger partial charge in [0.2, 0.25) is 0 Å². The SMILES string of the molecule is c1nc2c(c(N3CCC(NCC4CC4)CC3)n1)CCCC2. The summed E-state index contributed by atoms with van der Waals surface area (Å²) >= 11 is 0. The van der Waals surface area contributed by atoms with Gasteiger partial charge in [0.05, 0.1) is 0 Å². The highest BCUT2D eigenvalue weighted by molar-refractivity contribution is 5.49. The first kappa shape index (κ1) is 13.5. The van der Waals surface area contributed by atoms with Gasteiger partial charge in [0.25, 0.3) is 0 Å². The van der Waals surface area contributed by atoms with E-state index in [-0.39, 0.29) is 0 Å². The molecule has 0 unspecified atom stereocenters. The molecule has 0 radical (unpaired) electrons. The summed E-state index contributed by atoms with van der Waals surface area (Å²) in [5, 5.41) is 3.76. The summed E-state index contributed by atoms with van der Waals surface area (Å²) in [6, 6.07) is 0.722. The Labute approximate surface area is 127 Å². The minimum Gasteiger partial charge on any atom is -0.356 e. The van der Waals surface area contributed by atoms with Gasteiger partial charge in [0, 0.05) is 30.4 Å². The first-order valence-corrected chi connectivity index (χ1v) is 8.71. The number of fused-ring (bicyclic) bond motifs is 1. The number of aryl methyl sites for hydroxylation is 1. The second-order valence-electron chi connectivity index (χ2n) is 6.94. The van der Waals surface area contributed by atoms with Crippen LogP contribution >= 0.6 is 0 Å². The second-order valence-corrected chi connectivity index (χ2v) is 6.94. The Balaban J connectivity index is 1.39. The van der Waals surface area contributed by atoms with Crippen molar-refractivity contribution in [3.05, 3.63) is 17.6 Å². The number of hydrogen-bond donors (Lipinski definition) is 1. The summed E-state index contributed by atoms with van der Waals surface area (Å²) in [6.07, 6.45) is 12.1. The summed E-state index contributed by atoms with van der Waals surface area (Å²) in [5.74, 6) is 2.22. The number of rotatable bonds is 4. The molecule has 3 aliphatic rings. The average Bonchev–Trinajstić information content (AvgIpc) is 3.37. The lowest BCUT2D eigenvalue weighted by Gasteiger charge is -2.35. The zero-order chi connectivity index (χ0) is 14.1. The molecule has 1 aliphatic heterocycles. The Morgan fingerprint density at radius 1 is 1.05 bits per heavy atom. The van der Waals surface area contributed by atoms with Crippen molar-refractivity contribution < 1.29 is 0 Å². The van der Waals surface area contributed by atoms with E-state index in [9.17, 15) is 0 Å². The fourth-order valence-electron chi connectivity index (χ4n) is 3.73. The van der Waals surface area contributed by atoms with Crippen molar-refractivity contribution in [2.45, 2.75) is 57.4 Å². The van der Waals surface area contributed by atoms with Crippen molar-refractivity contribution >= 4 is 5.82 Å². The van der Waals surface area contributed by atoms with Gasteiger partial charge in [-0.1, -0.05) is 0 Å². The van der Waals surface area contributed by atoms with Gasteiger partial charge in [-0.3, -0.25) is 0 Å². The molecule has 21 heavy (non-hydrogen) atoms. The fraction of sp³-hybridized carbons (Fsp3) is 0.765. The molecule has 1 aromatic rings. The average molecular weight is 286 g/mol. The number of anilines is 1. The lowest BCUT2D eigenvalue weighted by atomic mass is 9.95. The van der Waals surface area contributed by atoms with Crippen LogP contribution in [0, 0.1) is 5.92 Å². The van der Waals surface area contributed by atoms with Gasteiger partial charge in [-0.2, -0.15) is 0 Å². The normalized spacial score (nSPS) is 23.1. The van der Waals surface area contributed by atoms with Gasteiger partial charge in [-0.15, -0.1) is 0 Å². The highest BCUT2D eigenvalue weighted by atomic mass is 15.2. The smallest absolute Gasteiger partial charge is 0.135 e. The van der Waals surface area contributed by atoms with E-state index < -0.39 is 0 Å². The summed E-state index contributed by atoms with van der Waals surface area (Å²) in [4.78, 5) is 11.6. The lowest BCUT2D eigenvalue weighted by molar-refractivity contribution is 0.407. The molecule has 2 heterocycles. The first-order chi connectivity index (χ1) is 10.4. The predicted molar refractivity (Wildman–Crippen MR) is 84.6 cm³/mol. The standard InChI is InChI=1S/C17H26N4/c1-2-4-16-15(3-1)17(20-12-19-16)21-9-7-14(8-10-21)18-11-13-5-6-13/h12-14,18H,1-11H2. The van der Waals surface area contributed by atoms with Gasteiger partial charge in [0.15, 0.2) is 0 Å². The Hall–Kier alpha value is -1.16. The molecule has 1 N–H and O–H groups in total. The molecular weight excluding hydrogens is 260 g/mol. The van der Waals surface area contributed by atoms with Gasteiger partial charge < -0.3 is 10.2 Å². The molecule has 0 spiro atoms. The van der Waals surface area contributed by atoms with E-state index in [2.05, 4.69) is 20.2 Å². The zero-order valence-electron chi connectivity index (χ0n) is 12.9. The Morgan fingerprint density at radius 3 is 2.67 bits per heavy atom. The van der Waals surface area contributed by atoms with Crippen molar-refractivity contribution in [2.75, 3.05) is 24.5 Å². The number of nitrogens with one attached hydrogen (secondary N) is 1. The Morgan fingerprint density at radius 2 is 1.86 bits per heavy atom. The third-order valence-corrected chi connectivity index (χ3v) is 5.29. The quantitative estimate of drug-likeness (QED) is 0.922. The molecule has 0 amide bonds. The van der Waals surface area contributed by atoms with Crippen LogP contribution in [0.4, 0.5) is 5.82 Å². The monoisotopic (exact) mass is 286 g/mol. The van der Waals surface area contributed by atoms with Gasteiger partial charge in [-0.25, -0.2) is 9.97 Å². The molecule has 114 valence electrons. The van der Waals surface area contributed by atoms with Gasteiger partial charge >= 0.3 is 0 Å². The van der Waals surface area contributed by atoms with Crippen LogP contribution in [-0.4, -0.2) is 35.6 Å². The molecule has 1 aromatic heterocycles.